The molecule has 3 atom stereocenters. The van der Waals surface area contributed by atoms with E-state index in [9.17, 15) is 19.8 Å². The lowest BCUT2D eigenvalue weighted by atomic mass is 10.0. The van der Waals surface area contributed by atoms with Gasteiger partial charge in [-0.05, 0) is 36.3 Å². The van der Waals surface area contributed by atoms with Crippen LogP contribution in [0.5, 0.6) is 0 Å². The zero-order valence-corrected chi connectivity index (χ0v) is 15.1. The minimum absolute atomic E-state index is 0.0433. The number of aliphatic hydroxyl groups excluding tert-OH is 2. The topological polar surface area (TPSA) is 81.1 Å². The Morgan fingerprint density at radius 1 is 1.15 bits per heavy atom. The third kappa shape index (κ3) is 2.02. The van der Waals surface area contributed by atoms with Gasteiger partial charge < -0.3 is 15.1 Å². The highest BCUT2D eigenvalue weighted by atomic mass is 16.3. The molecule has 1 saturated heterocycles. The van der Waals surface area contributed by atoms with Crippen LogP contribution in [0.25, 0.3) is 10.8 Å². The van der Waals surface area contributed by atoms with Gasteiger partial charge >= 0.3 is 0 Å². The number of nitrogens with zero attached hydrogens (tertiary/aromatic N) is 2. The Hall–Kier alpha value is -2.44. The molecule has 3 aliphatic rings. The molecule has 3 unspecified atom stereocenters. The van der Waals surface area contributed by atoms with E-state index in [1.54, 1.807) is 16.7 Å². The average molecular weight is 366 g/mol. The van der Waals surface area contributed by atoms with Crippen LogP contribution in [0.4, 0.5) is 5.69 Å². The minimum Gasteiger partial charge on any atom is -0.396 e. The molecular weight excluding hydrogens is 344 g/mol. The molecule has 1 saturated carbocycles. The third-order valence-corrected chi connectivity index (χ3v) is 6.92. The number of rotatable bonds is 4. The van der Waals surface area contributed by atoms with Crippen LogP contribution in [0.15, 0.2) is 36.4 Å². The van der Waals surface area contributed by atoms with Gasteiger partial charge in [-0.3, -0.25) is 14.5 Å². The van der Waals surface area contributed by atoms with Crippen molar-refractivity contribution in [3.63, 3.8) is 0 Å². The second kappa shape index (κ2) is 5.53. The van der Waals surface area contributed by atoms with E-state index in [4.69, 9.17) is 0 Å². The maximum absolute atomic E-state index is 13.1. The number of likely N-dealkylation sites (tertiary alicyclic amines) is 1. The summed E-state index contributed by atoms with van der Waals surface area (Å²) in [4.78, 5) is 29.5. The van der Waals surface area contributed by atoms with E-state index < -0.39 is 11.5 Å². The summed E-state index contributed by atoms with van der Waals surface area (Å²) in [6, 6.07) is 10.8. The lowest BCUT2D eigenvalue weighted by molar-refractivity contribution is -0.132. The van der Waals surface area contributed by atoms with Crippen LogP contribution >= 0.6 is 0 Å². The van der Waals surface area contributed by atoms with E-state index in [1.807, 2.05) is 36.4 Å². The molecule has 2 amide bonds. The van der Waals surface area contributed by atoms with Gasteiger partial charge in [0.2, 0.25) is 5.91 Å². The van der Waals surface area contributed by atoms with E-state index in [-0.39, 0.29) is 36.9 Å². The minimum atomic E-state index is -0.592. The van der Waals surface area contributed by atoms with Crippen LogP contribution in [0.2, 0.25) is 0 Å². The van der Waals surface area contributed by atoms with Crippen molar-refractivity contribution in [3.05, 3.63) is 42.0 Å². The van der Waals surface area contributed by atoms with Gasteiger partial charge in [-0.2, -0.15) is 0 Å². The van der Waals surface area contributed by atoms with Gasteiger partial charge in [0, 0.05) is 29.5 Å². The van der Waals surface area contributed by atoms with Crippen molar-refractivity contribution >= 4 is 28.3 Å². The first-order valence-electron chi connectivity index (χ1n) is 9.39. The zero-order chi connectivity index (χ0) is 18.9. The van der Waals surface area contributed by atoms with Crippen molar-refractivity contribution in [2.45, 2.75) is 13.0 Å². The summed E-state index contributed by atoms with van der Waals surface area (Å²) in [6.07, 6.45) is 0. The first-order valence-corrected chi connectivity index (χ1v) is 9.39. The van der Waals surface area contributed by atoms with Crippen molar-refractivity contribution in [2.24, 2.45) is 17.3 Å². The largest absolute Gasteiger partial charge is 0.396 e. The lowest BCUT2D eigenvalue weighted by Crippen LogP contribution is -2.49. The Bertz CT molecular complexity index is 949. The molecule has 0 bridgehead atoms. The van der Waals surface area contributed by atoms with Crippen LogP contribution in [0, 0.1) is 17.3 Å². The number of fused-ring (bicyclic) bond motifs is 1. The first kappa shape index (κ1) is 16.7. The molecular formula is C21H22N2O4. The summed E-state index contributed by atoms with van der Waals surface area (Å²) in [5.74, 6) is 0.0920. The molecule has 140 valence electrons. The normalized spacial score (nSPS) is 25.8. The summed E-state index contributed by atoms with van der Waals surface area (Å²) in [5, 5.41) is 21.1. The van der Waals surface area contributed by atoms with Gasteiger partial charge in [0.15, 0.2) is 0 Å². The summed E-state index contributed by atoms with van der Waals surface area (Å²) < 4.78 is 0. The summed E-state index contributed by atoms with van der Waals surface area (Å²) in [7, 11) is 0. The maximum Gasteiger partial charge on any atom is 0.259 e. The van der Waals surface area contributed by atoms with Gasteiger partial charge in [-0.1, -0.05) is 24.3 Å². The quantitative estimate of drug-likeness (QED) is 0.853. The van der Waals surface area contributed by atoms with E-state index in [1.165, 1.54) is 0 Å². The fraction of sp³-hybridized carbons (Fsp3) is 0.429. The molecule has 5 rings (SSSR count). The van der Waals surface area contributed by atoms with E-state index in [0.717, 1.165) is 16.5 Å². The number of hydrogen-bond acceptors (Lipinski definition) is 4. The smallest absolute Gasteiger partial charge is 0.259 e. The van der Waals surface area contributed by atoms with Gasteiger partial charge in [0.1, 0.15) is 6.04 Å². The number of piperidine rings is 1. The van der Waals surface area contributed by atoms with E-state index in [0.29, 0.717) is 18.7 Å². The van der Waals surface area contributed by atoms with Crippen molar-refractivity contribution in [2.75, 3.05) is 31.2 Å². The first-order chi connectivity index (χ1) is 13.0. The van der Waals surface area contributed by atoms with Crippen LogP contribution in [0.3, 0.4) is 0 Å². The van der Waals surface area contributed by atoms with Crippen molar-refractivity contribution in [3.8, 4) is 0 Å². The molecule has 2 aromatic rings. The van der Waals surface area contributed by atoms with E-state index >= 15 is 0 Å². The number of carbonyl (C=O) groups excluding carboxylic acids is 2. The summed E-state index contributed by atoms with van der Waals surface area (Å²) in [6.45, 7) is 2.76. The second-order valence-corrected chi connectivity index (χ2v) is 8.04. The number of carbonyl (C=O) groups is 2. The molecule has 1 aliphatic carbocycles. The molecule has 0 radical (unpaired) electrons. The highest BCUT2D eigenvalue weighted by molar-refractivity contribution is 6.26. The molecule has 2 aliphatic heterocycles. The summed E-state index contributed by atoms with van der Waals surface area (Å²) in [5.41, 5.74) is 1.01. The van der Waals surface area contributed by atoms with Crippen LogP contribution in [0.1, 0.15) is 17.3 Å². The molecule has 2 fully saturated rings. The predicted molar refractivity (Wildman–Crippen MR) is 100 cm³/mol. The Kier molecular flexibility index (Phi) is 3.42. The van der Waals surface area contributed by atoms with Crippen molar-refractivity contribution < 1.29 is 19.8 Å². The predicted octanol–water partition coefficient (Wildman–Crippen LogP) is 1.25. The number of amides is 2. The monoisotopic (exact) mass is 366 g/mol. The molecule has 0 spiro atoms. The number of hydrogen-bond donors (Lipinski definition) is 2. The number of benzene rings is 2. The highest BCUT2D eigenvalue weighted by Gasteiger charge is 2.68. The fourth-order valence-electron chi connectivity index (χ4n) is 5.24. The molecule has 2 N–H and O–H groups in total. The second-order valence-electron chi connectivity index (χ2n) is 8.04. The maximum atomic E-state index is 13.1. The van der Waals surface area contributed by atoms with Crippen molar-refractivity contribution in [1.82, 2.24) is 4.90 Å². The molecule has 0 aromatic heterocycles. The molecule has 27 heavy (non-hydrogen) atoms. The zero-order valence-electron chi connectivity index (χ0n) is 15.1. The molecule has 6 nitrogen and oxygen atoms in total. The fourth-order valence-corrected chi connectivity index (χ4v) is 5.24. The van der Waals surface area contributed by atoms with Crippen LogP contribution in [-0.4, -0.2) is 59.3 Å². The van der Waals surface area contributed by atoms with Gasteiger partial charge in [0.25, 0.3) is 5.91 Å². The van der Waals surface area contributed by atoms with Gasteiger partial charge in [-0.25, -0.2) is 0 Å². The van der Waals surface area contributed by atoms with Crippen LogP contribution < -0.4 is 4.90 Å². The number of aliphatic hydroxyl groups is 2. The van der Waals surface area contributed by atoms with Crippen molar-refractivity contribution in [1.29, 1.82) is 0 Å². The Morgan fingerprint density at radius 3 is 2.41 bits per heavy atom. The van der Waals surface area contributed by atoms with Crippen LogP contribution in [-0.2, 0) is 4.79 Å². The Morgan fingerprint density at radius 2 is 1.78 bits per heavy atom. The Labute approximate surface area is 157 Å². The highest BCUT2D eigenvalue weighted by Crippen LogP contribution is 2.62. The molecule has 2 aromatic carbocycles. The third-order valence-electron chi connectivity index (χ3n) is 6.92. The molecule has 6 heteroatoms. The number of anilines is 1. The standard InChI is InChI=1S/C21H22N2O4/c1-12(19(26)22-8-15-16(9-22)21(15,10-24)11-25)23-17-7-3-5-13-4-2-6-14(18(13)17)20(23)27/h2-7,12,15-16,24-25H,8-11H2,1H3. The lowest BCUT2D eigenvalue weighted by Gasteiger charge is -2.31. The molecule has 2 heterocycles. The van der Waals surface area contributed by atoms with Gasteiger partial charge in [-0.15, -0.1) is 0 Å². The SMILES string of the molecule is CC(C(=O)N1CC2C(C1)C2(CO)CO)N1C(=O)c2cccc3cccc1c23. The van der Waals surface area contributed by atoms with E-state index in [2.05, 4.69) is 0 Å². The Balaban J connectivity index is 1.40. The average Bonchev–Trinajstić information content (AvgIpc) is 2.96. The summed E-state index contributed by atoms with van der Waals surface area (Å²) >= 11 is 0. The van der Waals surface area contributed by atoms with Gasteiger partial charge in [0.05, 0.1) is 18.9 Å².